The predicted molar refractivity (Wildman–Crippen MR) is 140 cm³/mol. The molecule has 4 heterocycles. The largest absolute Gasteiger partial charge is 0.466 e. The van der Waals surface area contributed by atoms with E-state index >= 15 is 0 Å². The molecule has 0 aromatic rings. The van der Waals surface area contributed by atoms with Gasteiger partial charge in [-0.05, 0) is 39.0 Å². The van der Waals surface area contributed by atoms with E-state index in [1.807, 2.05) is 20.8 Å². The Morgan fingerprint density at radius 3 is 2.61 bits per heavy atom. The third-order valence-corrected chi connectivity index (χ3v) is 8.79. The van der Waals surface area contributed by atoms with Crippen molar-refractivity contribution in [3.05, 3.63) is 12.7 Å². The molecule has 214 valence electrons. The molecule has 1 spiro atoms. The van der Waals surface area contributed by atoms with E-state index in [0.29, 0.717) is 52.1 Å². The van der Waals surface area contributed by atoms with Gasteiger partial charge in [0.15, 0.2) is 0 Å². The molecule has 4 saturated heterocycles. The summed E-state index contributed by atoms with van der Waals surface area (Å²) in [6, 6.07) is -1.48. The second-order valence-electron chi connectivity index (χ2n) is 11.7. The molecular weight excluding hydrogens is 490 g/mol. The van der Waals surface area contributed by atoms with E-state index in [4.69, 9.17) is 14.2 Å². The average molecular weight is 536 g/mol. The number of morpholine rings is 1. The van der Waals surface area contributed by atoms with Gasteiger partial charge in [0.05, 0.1) is 44.0 Å². The first kappa shape index (κ1) is 29.0. The zero-order valence-corrected chi connectivity index (χ0v) is 23.4. The minimum Gasteiger partial charge on any atom is -0.466 e. The number of rotatable bonds is 12. The van der Waals surface area contributed by atoms with Crippen LogP contribution in [0.1, 0.15) is 47.0 Å². The van der Waals surface area contributed by atoms with Crippen LogP contribution < -0.4 is 0 Å². The summed E-state index contributed by atoms with van der Waals surface area (Å²) in [6.45, 7) is 15.9. The number of esters is 1. The van der Waals surface area contributed by atoms with Crippen LogP contribution in [0.4, 0.5) is 0 Å². The van der Waals surface area contributed by atoms with Gasteiger partial charge < -0.3 is 29.1 Å². The Labute approximate surface area is 226 Å². The highest BCUT2D eigenvalue weighted by molar-refractivity contribution is 5.98. The van der Waals surface area contributed by atoms with E-state index in [1.165, 1.54) is 0 Å². The van der Waals surface area contributed by atoms with Crippen molar-refractivity contribution >= 4 is 17.8 Å². The van der Waals surface area contributed by atoms with E-state index in [0.717, 1.165) is 13.1 Å². The van der Waals surface area contributed by atoms with Crippen molar-refractivity contribution in [3.8, 4) is 0 Å². The second-order valence-corrected chi connectivity index (χ2v) is 11.7. The van der Waals surface area contributed by atoms with Gasteiger partial charge in [0.1, 0.15) is 17.6 Å². The van der Waals surface area contributed by atoms with Crippen molar-refractivity contribution in [2.45, 2.75) is 70.2 Å². The molecule has 0 aliphatic carbocycles. The van der Waals surface area contributed by atoms with Crippen LogP contribution in [-0.4, -0.2) is 120 Å². The van der Waals surface area contributed by atoms with Crippen LogP contribution in [0, 0.1) is 17.8 Å². The molecule has 1 N–H and O–H groups in total. The first-order chi connectivity index (χ1) is 18.1. The molecule has 10 nitrogen and oxygen atoms in total. The normalized spacial score (nSPS) is 33.5. The molecule has 0 aromatic heterocycles. The highest BCUT2D eigenvalue weighted by Crippen LogP contribution is 2.63. The number of likely N-dealkylation sites (tertiary alicyclic amines) is 1. The molecule has 4 aliphatic heterocycles. The monoisotopic (exact) mass is 535 g/mol. The van der Waals surface area contributed by atoms with Crippen LogP contribution in [0.5, 0.6) is 0 Å². The molecule has 4 rings (SSSR count). The third kappa shape index (κ3) is 5.00. The summed E-state index contributed by atoms with van der Waals surface area (Å²) in [5.74, 6) is -2.39. The highest BCUT2D eigenvalue weighted by Gasteiger charge is 2.79. The number of nitrogens with zero attached hydrogens (tertiary/aromatic N) is 3. The highest BCUT2D eigenvalue weighted by atomic mass is 16.6. The Kier molecular flexibility index (Phi) is 8.86. The summed E-state index contributed by atoms with van der Waals surface area (Å²) >= 11 is 0. The lowest BCUT2D eigenvalue weighted by Gasteiger charge is -2.40. The van der Waals surface area contributed by atoms with E-state index in [9.17, 15) is 19.5 Å². The Bertz CT molecular complexity index is 907. The Hall–Kier alpha value is -2.01. The summed E-state index contributed by atoms with van der Waals surface area (Å²) in [5, 5.41) is 10.4. The molecule has 4 fully saturated rings. The average Bonchev–Trinajstić information content (AvgIpc) is 3.46. The van der Waals surface area contributed by atoms with Crippen LogP contribution in [0.3, 0.4) is 0 Å². The molecule has 2 bridgehead atoms. The zero-order chi connectivity index (χ0) is 27.7. The second kappa shape index (κ2) is 11.6. The van der Waals surface area contributed by atoms with Gasteiger partial charge in [0.25, 0.3) is 0 Å². The minimum absolute atomic E-state index is 0.190. The number of carbonyl (C=O) groups excluding carboxylic acids is 3. The maximum atomic E-state index is 14.5. The summed E-state index contributed by atoms with van der Waals surface area (Å²) in [4.78, 5) is 47.5. The molecule has 0 aromatic carbocycles. The topological polar surface area (TPSA) is 109 Å². The van der Waals surface area contributed by atoms with Crippen molar-refractivity contribution < 1.29 is 33.7 Å². The zero-order valence-electron chi connectivity index (χ0n) is 23.4. The van der Waals surface area contributed by atoms with Gasteiger partial charge in [-0.15, -0.1) is 6.58 Å². The van der Waals surface area contributed by atoms with Gasteiger partial charge in [-0.3, -0.25) is 19.3 Å². The quantitative estimate of drug-likeness (QED) is 0.292. The fourth-order valence-electron chi connectivity index (χ4n) is 7.15. The fourth-order valence-corrected chi connectivity index (χ4v) is 7.15. The van der Waals surface area contributed by atoms with Crippen molar-refractivity contribution in [1.82, 2.24) is 14.7 Å². The molecule has 4 aliphatic rings. The van der Waals surface area contributed by atoms with Crippen molar-refractivity contribution in [2.75, 3.05) is 59.2 Å². The number of aliphatic hydroxyl groups excluding tert-OH is 1. The van der Waals surface area contributed by atoms with Gasteiger partial charge in [0, 0.05) is 32.7 Å². The number of hydrogen-bond acceptors (Lipinski definition) is 8. The molecule has 2 amide bonds. The number of hydrogen-bond donors (Lipinski definition) is 1. The van der Waals surface area contributed by atoms with Gasteiger partial charge in [-0.1, -0.05) is 19.9 Å². The lowest BCUT2D eigenvalue weighted by molar-refractivity contribution is -0.162. The maximum absolute atomic E-state index is 14.5. The van der Waals surface area contributed by atoms with Crippen LogP contribution >= 0.6 is 0 Å². The third-order valence-electron chi connectivity index (χ3n) is 8.79. The van der Waals surface area contributed by atoms with Crippen LogP contribution in [-0.2, 0) is 28.6 Å². The van der Waals surface area contributed by atoms with E-state index in [2.05, 4.69) is 11.5 Å². The summed E-state index contributed by atoms with van der Waals surface area (Å²) in [5.41, 5.74) is -2.01. The smallest absolute Gasteiger partial charge is 0.312 e. The van der Waals surface area contributed by atoms with Gasteiger partial charge in [0.2, 0.25) is 11.8 Å². The lowest BCUT2D eigenvalue weighted by atomic mass is 9.66. The van der Waals surface area contributed by atoms with E-state index in [1.54, 1.807) is 22.8 Å². The number of carbonyl (C=O) groups is 3. The number of amides is 2. The van der Waals surface area contributed by atoms with Crippen molar-refractivity contribution in [3.63, 3.8) is 0 Å². The fraction of sp³-hybridized carbons (Fsp3) is 0.821. The molecule has 10 heteroatoms. The molecular formula is C28H45N3O7. The first-order valence-electron chi connectivity index (χ1n) is 14.1. The van der Waals surface area contributed by atoms with Gasteiger partial charge in [-0.25, -0.2) is 0 Å². The lowest BCUT2D eigenvalue weighted by Crippen LogP contribution is -2.59. The number of ether oxygens (including phenoxy) is 3. The molecule has 6 atom stereocenters. The van der Waals surface area contributed by atoms with Crippen molar-refractivity contribution in [1.29, 1.82) is 0 Å². The Balaban J connectivity index is 1.71. The van der Waals surface area contributed by atoms with Crippen LogP contribution in [0.25, 0.3) is 0 Å². The van der Waals surface area contributed by atoms with Crippen molar-refractivity contribution in [2.24, 2.45) is 17.8 Å². The molecule has 2 unspecified atom stereocenters. The molecule has 0 radical (unpaired) electrons. The van der Waals surface area contributed by atoms with Crippen LogP contribution in [0.15, 0.2) is 12.7 Å². The van der Waals surface area contributed by atoms with Crippen LogP contribution in [0.2, 0.25) is 0 Å². The Morgan fingerprint density at radius 2 is 2.00 bits per heavy atom. The van der Waals surface area contributed by atoms with E-state index in [-0.39, 0.29) is 30.9 Å². The number of aliphatic hydroxyl groups is 1. The van der Waals surface area contributed by atoms with Gasteiger partial charge in [-0.2, -0.15) is 0 Å². The number of fused-ring (bicyclic) bond motifs is 1. The summed E-state index contributed by atoms with van der Waals surface area (Å²) < 4.78 is 17.5. The first-order valence-corrected chi connectivity index (χ1v) is 14.1. The van der Waals surface area contributed by atoms with Gasteiger partial charge >= 0.3 is 5.97 Å². The SMILES string of the molecule is C=CCN(CCN1CCOCC1)C(=O)C1N([C@@H](CO)CC(C)C)C(=O)[C@@H]2[C@@H](C(=O)OCC)[C@@]3(C)CCC12O3. The molecule has 0 saturated carbocycles. The predicted octanol–water partition coefficient (Wildman–Crippen LogP) is 1.07. The summed E-state index contributed by atoms with van der Waals surface area (Å²) in [6.07, 6.45) is 3.28. The Morgan fingerprint density at radius 1 is 1.29 bits per heavy atom. The molecule has 38 heavy (non-hydrogen) atoms. The standard InChI is InChI=1S/C28H45N3O7/c1-6-10-30(12-11-29-13-15-36-16-14-29)25(34)23-28-9-8-27(5,38-28)22(26(35)37-7-2)21(28)24(33)31(23)20(18-32)17-19(3)4/h6,19-23,32H,1,7-18H2,2-5H3/t20-,21+,22+,23?,27-,28?/m1/s1. The van der Waals surface area contributed by atoms with E-state index < -0.39 is 41.1 Å². The minimum atomic E-state index is -1.14. The maximum Gasteiger partial charge on any atom is 0.312 e. The summed E-state index contributed by atoms with van der Waals surface area (Å²) in [7, 11) is 0.